The van der Waals surface area contributed by atoms with E-state index in [0.717, 1.165) is 0 Å². The van der Waals surface area contributed by atoms with Gasteiger partial charge in [-0.3, -0.25) is 10.0 Å². The Morgan fingerprint density at radius 1 is 0.667 bits per heavy atom. The van der Waals surface area contributed by atoms with Gasteiger partial charge in [-0.2, -0.15) is 0 Å². The molecule has 2 aliphatic heterocycles. The SMILES string of the molecule is C1=CN2C(c3cccs3)=C(c3cccs3)c3ccccc3N2C=C1. The molecular formula is C20H14N2S2. The van der Waals surface area contributed by atoms with Crippen LogP contribution in [0.5, 0.6) is 0 Å². The summed E-state index contributed by atoms with van der Waals surface area (Å²) >= 11 is 3.57. The van der Waals surface area contributed by atoms with Gasteiger partial charge >= 0.3 is 0 Å². The number of hydrogen-bond acceptors (Lipinski definition) is 4. The molecule has 0 unspecified atom stereocenters. The van der Waals surface area contributed by atoms with Gasteiger partial charge in [0.1, 0.15) is 0 Å². The van der Waals surface area contributed by atoms with Crippen molar-refractivity contribution in [3.63, 3.8) is 0 Å². The van der Waals surface area contributed by atoms with Crippen molar-refractivity contribution in [1.29, 1.82) is 0 Å². The van der Waals surface area contributed by atoms with E-state index in [4.69, 9.17) is 0 Å². The van der Waals surface area contributed by atoms with Gasteiger partial charge in [0.25, 0.3) is 0 Å². The normalized spacial score (nSPS) is 15.7. The van der Waals surface area contributed by atoms with Crippen LogP contribution in [0.3, 0.4) is 0 Å². The largest absolute Gasteiger partial charge is 0.256 e. The summed E-state index contributed by atoms with van der Waals surface area (Å²) in [5, 5.41) is 8.77. The molecular weight excluding hydrogens is 332 g/mol. The van der Waals surface area contributed by atoms with Crippen LogP contribution in [0, 0.1) is 0 Å². The molecule has 4 heterocycles. The van der Waals surface area contributed by atoms with Gasteiger partial charge in [-0.25, -0.2) is 0 Å². The minimum atomic E-state index is 1.21. The first-order chi connectivity index (χ1) is 11.9. The summed E-state index contributed by atoms with van der Waals surface area (Å²) in [5.41, 5.74) is 5.03. The van der Waals surface area contributed by atoms with E-state index in [1.807, 2.05) is 0 Å². The third-order valence-electron chi connectivity index (χ3n) is 4.21. The van der Waals surface area contributed by atoms with E-state index in [1.54, 1.807) is 22.7 Å². The third-order valence-corrected chi connectivity index (χ3v) is 5.97. The molecule has 0 atom stereocenters. The van der Waals surface area contributed by atoms with E-state index in [0.29, 0.717) is 0 Å². The number of hydrogen-bond donors (Lipinski definition) is 0. The Hall–Kier alpha value is -2.56. The second-order valence-corrected chi connectivity index (χ2v) is 7.46. The highest BCUT2D eigenvalue weighted by atomic mass is 32.1. The first-order valence-corrected chi connectivity index (χ1v) is 9.54. The van der Waals surface area contributed by atoms with Gasteiger partial charge in [-0.1, -0.05) is 30.3 Å². The number of allylic oxidation sites excluding steroid dienone is 2. The van der Waals surface area contributed by atoms with Crippen molar-refractivity contribution in [1.82, 2.24) is 5.01 Å². The fourth-order valence-electron chi connectivity index (χ4n) is 3.23. The molecule has 5 rings (SSSR count). The van der Waals surface area contributed by atoms with Crippen LogP contribution in [0.2, 0.25) is 0 Å². The monoisotopic (exact) mass is 346 g/mol. The molecule has 0 fully saturated rings. The molecule has 4 heteroatoms. The third kappa shape index (κ3) is 2.00. The molecule has 0 spiro atoms. The lowest BCUT2D eigenvalue weighted by molar-refractivity contribution is 0.528. The second kappa shape index (κ2) is 5.51. The average Bonchev–Trinajstić information content (AvgIpc) is 3.34. The summed E-state index contributed by atoms with van der Waals surface area (Å²) in [7, 11) is 0. The van der Waals surface area contributed by atoms with Gasteiger partial charge in [0.05, 0.1) is 16.3 Å². The maximum absolute atomic E-state index is 2.25. The Bertz CT molecular complexity index is 963. The molecule has 2 nitrogen and oxygen atoms in total. The molecule has 0 N–H and O–H groups in total. The zero-order valence-electron chi connectivity index (χ0n) is 12.8. The van der Waals surface area contributed by atoms with Crippen LogP contribution in [-0.2, 0) is 0 Å². The molecule has 0 saturated heterocycles. The number of nitrogens with zero attached hydrogens (tertiary/aromatic N) is 2. The molecule has 2 aromatic heterocycles. The van der Waals surface area contributed by atoms with Crippen LogP contribution in [0.25, 0.3) is 11.3 Å². The van der Waals surface area contributed by atoms with Gasteiger partial charge < -0.3 is 0 Å². The number of para-hydroxylation sites is 1. The Labute approximate surface area is 148 Å². The topological polar surface area (TPSA) is 6.48 Å². The lowest BCUT2D eigenvalue weighted by Crippen LogP contribution is -2.38. The number of thiophene rings is 2. The summed E-state index contributed by atoms with van der Waals surface area (Å²) in [6.45, 7) is 0. The standard InChI is InChI=1S/C20H14N2S2/c1-2-8-16-15(7-1)19(17-9-5-13-23-17)20(18-10-6-14-24-18)22-12-4-3-11-21(16)22/h1-14H. The first-order valence-electron chi connectivity index (χ1n) is 7.78. The molecule has 2 aliphatic rings. The summed E-state index contributed by atoms with van der Waals surface area (Å²) in [5.74, 6) is 0. The van der Waals surface area contributed by atoms with Gasteiger partial charge in [0.15, 0.2) is 0 Å². The van der Waals surface area contributed by atoms with Crippen LogP contribution in [0.15, 0.2) is 83.8 Å². The van der Waals surface area contributed by atoms with Crippen LogP contribution in [-0.4, -0.2) is 5.01 Å². The van der Waals surface area contributed by atoms with Crippen molar-refractivity contribution in [2.45, 2.75) is 0 Å². The Morgan fingerprint density at radius 3 is 2.12 bits per heavy atom. The minimum Gasteiger partial charge on any atom is -0.256 e. The Morgan fingerprint density at radius 2 is 1.38 bits per heavy atom. The molecule has 24 heavy (non-hydrogen) atoms. The Balaban J connectivity index is 1.88. The first kappa shape index (κ1) is 13.8. The average molecular weight is 346 g/mol. The summed E-state index contributed by atoms with van der Waals surface area (Å²) in [6, 6.07) is 17.3. The summed E-state index contributed by atoms with van der Waals surface area (Å²) in [6.07, 6.45) is 8.43. The van der Waals surface area contributed by atoms with Crippen molar-refractivity contribution in [3.8, 4) is 0 Å². The molecule has 0 aliphatic carbocycles. The minimum absolute atomic E-state index is 1.21. The fourth-order valence-corrected chi connectivity index (χ4v) is 4.78. The fraction of sp³-hybridized carbons (Fsp3) is 0. The quantitative estimate of drug-likeness (QED) is 0.578. The summed E-state index contributed by atoms with van der Waals surface area (Å²) < 4.78 is 0. The van der Waals surface area contributed by atoms with Crippen LogP contribution in [0.1, 0.15) is 15.3 Å². The molecule has 0 bridgehead atoms. The highest BCUT2D eigenvalue weighted by Crippen LogP contribution is 2.47. The predicted octanol–water partition coefficient (Wildman–Crippen LogP) is 5.80. The maximum atomic E-state index is 2.25. The number of hydrazine groups is 1. The number of benzene rings is 1. The van der Waals surface area contributed by atoms with Crippen LogP contribution >= 0.6 is 22.7 Å². The van der Waals surface area contributed by atoms with E-state index in [-0.39, 0.29) is 0 Å². The van der Waals surface area contributed by atoms with Gasteiger partial charge in [-0.05, 0) is 41.1 Å². The van der Waals surface area contributed by atoms with E-state index in [1.165, 1.54) is 32.3 Å². The number of fused-ring (bicyclic) bond motifs is 3. The van der Waals surface area contributed by atoms with Crippen molar-refractivity contribution in [2.75, 3.05) is 5.01 Å². The molecule has 0 radical (unpaired) electrons. The molecule has 0 saturated carbocycles. The predicted molar refractivity (Wildman–Crippen MR) is 104 cm³/mol. The van der Waals surface area contributed by atoms with E-state index in [9.17, 15) is 0 Å². The van der Waals surface area contributed by atoms with Gasteiger partial charge in [-0.15, -0.1) is 22.7 Å². The summed E-state index contributed by atoms with van der Waals surface area (Å²) in [4.78, 5) is 2.58. The van der Waals surface area contributed by atoms with Crippen molar-refractivity contribution in [3.05, 3.63) is 99.2 Å². The van der Waals surface area contributed by atoms with Crippen molar-refractivity contribution in [2.24, 2.45) is 0 Å². The lowest BCUT2D eigenvalue weighted by Gasteiger charge is -2.42. The molecule has 1 aromatic carbocycles. The van der Waals surface area contributed by atoms with Crippen LogP contribution in [0.4, 0.5) is 5.69 Å². The van der Waals surface area contributed by atoms with E-state index in [2.05, 4.69) is 93.9 Å². The Kier molecular flexibility index (Phi) is 3.18. The lowest BCUT2D eigenvalue weighted by atomic mass is 9.96. The van der Waals surface area contributed by atoms with Crippen LogP contribution < -0.4 is 5.01 Å². The van der Waals surface area contributed by atoms with E-state index >= 15 is 0 Å². The van der Waals surface area contributed by atoms with Gasteiger partial charge in [0.2, 0.25) is 0 Å². The van der Waals surface area contributed by atoms with Crippen molar-refractivity contribution < 1.29 is 0 Å². The number of anilines is 1. The van der Waals surface area contributed by atoms with Gasteiger partial charge in [0, 0.05) is 28.4 Å². The highest BCUT2D eigenvalue weighted by molar-refractivity contribution is 7.12. The second-order valence-electron chi connectivity index (χ2n) is 5.57. The van der Waals surface area contributed by atoms with Crippen molar-refractivity contribution >= 4 is 39.6 Å². The van der Waals surface area contributed by atoms with E-state index < -0.39 is 0 Å². The smallest absolute Gasteiger partial charge is 0.0894 e. The zero-order valence-corrected chi connectivity index (χ0v) is 14.4. The molecule has 0 amide bonds. The zero-order chi connectivity index (χ0) is 15.9. The highest BCUT2D eigenvalue weighted by Gasteiger charge is 2.31. The molecule has 3 aromatic rings. The molecule has 116 valence electrons. The maximum Gasteiger partial charge on any atom is 0.0894 e. The number of rotatable bonds is 2.